The number of fused-ring (bicyclic) bond motifs is 1. The van der Waals surface area contributed by atoms with Crippen molar-refractivity contribution >= 4 is 22.6 Å². The molecule has 7 heteroatoms. The van der Waals surface area contributed by atoms with E-state index in [0.717, 1.165) is 39.0 Å². The number of nitrogens with one attached hydrogen (secondary N) is 3. The Morgan fingerprint density at radius 2 is 2.00 bits per heavy atom. The van der Waals surface area contributed by atoms with E-state index >= 15 is 0 Å². The van der Waals surface area contributed by atoms with Crippen LogP contribution in [0.3, 0.4) is 0 Å². The lowest BCUT2D eigenvalue weighted by molar-refractivity contribution is -0.111. The summed E-state index contributed by atoms with van der Waals surface area (Å²) >= 11 is 0. The first kappa shape index (κ1) is 23.3. The number of benzene rings is 1. The Morgan fingerprint density at radius 1 is 1.18 bits per heavy atom. The zero-order valence-corrected chi connectivity index (χ0v) is 20.0. The van der Waals surface area contributed by atoms with Gasteiger partial charge >= 0.3 is 0 Å². The Bertz CT molecular complexity index is 1320. The zero-order valence-electron chi connectivity index (χ0n) is 20.0. The number of carbonyl (C=O) groups is 1. The van der Waals surface area contributed by atoms with Gasteiger partial charge in [-0.3, -0.25) is 4.79 Å². The van der Waals surface area contributed by atoms with E-state index in [4.69, 9.17) is 0 Å². The number of H-pyrrole nitrogens is 1. The van der Waals surface area contributed by atoms with Crippen LogP contribution >= 0.6 is 0 Å². The van der Waals surface area contributed by atoms with Gasteiger partial charge < -0.3 is 15.6 Å². The summed E-state index contributed by atoms with van der Waals surface area (Å²) in [7, 11) is 0. The summed E-state index contributed by atoms with van der Waals surface area (Å²) in [5, 5.41) is 7.47. The van der Waals surface area contributed by atoms with Crippen molar-refractivity contribution in [2.45, 2.75) is 40.3 Å². The highest BCUT2D eigenvalue weighted by atomic mass is 16.1. The number of hydrogen-bond acceptors (Lipinski definition) is 5. The maximum atomic E-state index is 12.0. The zero-order chi connectivity index (χ0) is 24.3. The van der Waals surface area contributed by atoms with Gasteiger partial charge in [-0.1, -0.05) is 27.4 Å². The third-order valence-electron chi connectivity index (χ3n) is 6.08. The van der Waals surface area contributed by atoms with Crippen LogP contribution in [0.1, 0.15) is 33.3 Å². The summed E-state index contributed by atoms with van der Waals surface area (Å²) in [6, 6.07) is 10.4. The van der Waals surface area contributed by atoms with E-state index in [1.54, 1.807) is 6.20 Å². The summed E-state index contributed by atoms with van der Waals surface area (Å²) in [6.45, 7) is 13.1. The number of amides is 1. The van der Waals surface area contributed by atoms with Gasteiger partial charge in [0.1, 0.15) is 12.0 Å². The molecule has 0 unspecified atom stereocenters. The first-order chi connectivity index (χ1) is 16.2. The third-order valence-corrected chi connectivity index (χ3v) is 6.08. The summed E-state index contributed by atoms with van der Waals surface area (Å²) in [6.07, 6.45) is 8.28. The van der Waals surface area contributed by atoms with Crippen LogP contribution in [0.25, 0.3) is 33.4 Å². The number of hydrogen-bond donors (Lipinski definition) is 3. The average molecular weight is 455 g/mol. The first-order valence-electron chi connectivity index (χ1n) is 11.3. The smallest absolute Gasteiger partial charge is 0.247 e. The SMILES string of the molecule is C=CC(=O)Nc1cc(CN[C@H](C)C(C)(C)C)cc(-c2cnc3[nH]cc(-c4ccncn4)c3c2)c1. The molecule has 3 heterocycles. The molecule has 4 aromatic rings. The minimum atomic E-state index is -0.246. The molecule has 0 aliphatic carbocycles. The molecule has 0 bridgehead atoms. The van der Waals surface area contributed by atoms with Crippen molar-refractivity contribution in [2.75, 3.05) is 5.32 Å². The highest BCUT2D eigenvalue weighted by Gasteiger charge is 2.19. The second kappa shape index (κ2) is 9.57. The number of rotatable bonds is 7. The number of aromatic nitrogens is 4. The van der Waals surface area contributed by atoms with Crippen molar-refractivity contribution in [2.24, 2.45) is 5.41 Å². The van der Waals surface area contributed by atoms with Crippen LogP contribution < -0.4 is 10.6 Å². The number of pyridine rings is 1. The predicted octanol–water partition coefficient (Wildman–Crippen LogP) is 5.34. The van der Waals surface area contributed by atoms with E-state index in [-0.39, 0.29) is 11.3 Å². The lowest BCUT2D eigenvalue weighted by Crippen LogP contribution is -2.37. The highest BCUT2D eigenvalue weighted by Crippen LogP contribution is 2.31. The molecule has 0 radical (unpaired) electrons. The van der Waals surface area contributed by atoms with Gasteiger partial charge in [-0.15, -0.1) is 0 Å². The quantitative estimate of drug-likeness (QED) is 0.328. The van der Waals surface area contributed by atoms with Crippen LogP contribution in [-0.2, 0) is 11.3 Å². The molecule has 0 saturated carbocycles. The Balaban J connectivity index is 1.73. The predicted molar refractivity (Wildman–Crippen MR) is 137 cm³/mol. The second-order valence-electron chi connectivity index (χ2n) is 9.50. The fraction of sp³-hybridized carbons (Fsp3) is 0.259. The molecule has 0 saturated heterocycles. The molecule has 0 aliphatic rings. The molecule has 0 spiro atoms. The molecule has 1 amide bonds. The Kier molecular flexibility index (Phi) is 6.56. The van der Waals surface area contributed by atoms with Crippen molar-refractivity contribution in [3.8, 4) is 22.4 Å². The molecular formula is C27H30N6O. The Hall–Kier alpha value is -3.84. The molecule has 3 aromatic heterocycles. The van der Waals surface area contributed by atoms with Gasteiger partial charge in [-0.25, -0.2) is 15.0 Å². The summed E-state index contributed by atoms with van der Waals surface area (Å²) in [4.78, 5) is 28.2. The van der Waals surface area contributed by atoms with Crippen molar-refractivity contribution in [3.63, 3.8) is 0 Å². The van der Waals surface area contributed by atoms with Gasteiger partial charge in [0.05, 0.1) is 5.69 Å². The molecule has 0 fully saturated rings. The molecule has 1 aromatic carbocycles. The average Bonchev–Trinajstić information content (AvgIpc) is 3.25. The van der Waals surface area contributed by atoms with Gasteiger partial charge in [0, 0.05) is 53.4 Å². The van der Waals surface area contributed by atoms with Gasteiger partial charge in [-0.2, -0.15) is 0 Å². The standard InChI is InChI=1S/C27H30N6O/c1-6-25(34)33-21-10-18(13-29-17(2)27(3,4)5)9-19(11-21)20-12-22-23(15-31-26(22)30-14-20)24-7-8-28-16-32-24/h6-12,14-17,29H,1,13H2,2-5H3,(H,30,31)(H,33,34)/t17-/m1/s1. The number of nitrogens with zero attached hydrogens (tertiary/aromatic N) is 3. The third kappa shape index (κ3) is 5.21. The minimum Gasteiger partial charge on any atom is -0.345 e. The van der Waals surface area contributed by atoms with E-state index in [1.165, 1.54) is 12.4 Å². The number of carbonyl (C=O) groups excluding carboxylic acids is 1. The largest absolute Gasteiger partial charge is 0.345 e. The first-order valence-corrected chi connectivity index (χ1v) is 11.3. The maximum Gasteiger partial charge on any atom is 0.247 e. The van der Waals surface area contributed by atoms with Crippen LogP contribution in [0, 0.1) is 5.41 Å². The lowest BCUT2D eigenvalue weighted by Gasteiger charge is -2.28. The van der Waals surface area contributed by atoms with Crippen molar-refractivity contribution < 1.29 is 4.79 Å². The summed E-state index contributed by atoms with van der Waals surface area (Å²) < 4.78 is 0. The van der Waals surface area contributed by atoms with Gasteiger partial charge in [0.15, 0.2) is 0 Å². The van der Waals surface area contributed by atoms with Gasteiger partial charge in [0.2, 0.25) is 5.91 Å². The van der Waals surface area contributed by atoms with Gasteiger partial charge in [-0.05, 0) is 59.9 Å². The topological polar surface area (TPSA) is 95.6 Å². The van der Waals surface area contributed by atoms with E-state index < -0.39 is 0 Å². The summed E-state index contributed by atoms with van der Waals surface area (Å²) in [5.41, 5.74) is 6.41. The minimum absolute atomic E-state index is 0.137. The van der Waals surface area contributed by atoms with E-state index in [2.05, 4.69) is 77.0 Å². The van der Waals surface area contributed by atoms with E-state index in [1.807, 2.05) is 30.6 Å². The Labute approximate surface area is 199 Å². The molecular weight excluding hydrogens is 424 g/mol. The van der Waals surface area contributed by atoms with E-state index in [0.29, 0.717) is 18.3 Å². The Morgan fingerprint density at radius 3 is 2.71 bits per heavy atom. The van der Waals surface area contributed by atoms with Crippen LogP contribution in [0.2, 0.25) is 0 Å². The normalized spacial score (nSPS) is 12.5. The van der Waals surface area contributed by atoms with E-state index in [9.17, 15) is 4.79 Å². The van der Waals surface area contributed by atoms with Crippen LogP contribution in [0.5, 0.6) is 0 Å². The molecule has 174 valence electrons. The molecule has 4 rings (SSSR count). The summed E-state index contributed by atoms with van der Waals surface area (Å²) in [5.74, 6) is -0.246. The van der Waals surface area contributed by atoms with Crippen LogP contribution in [0.4, 0.5) is 5.69 Å². The van der Waals surface area contributed by atoms with Gasteiger partial charge in [0.25, 0.3) is 0 Å². The molecule has 7 nitrogen and oxygen atoms in total. The monoisotopic (exact) mass is 454 g/mol. The van der Waals surface area contributed by atoms with Crippen molar-refractivity contribution in [1.82, 2.24) is 25.3 Å². The molecule has 3 N–H and O–H groups in total. The number of anilines is 1. The molecule has 34 heavy (non-hydrogen) atoms. The van der Waals surface area contributed by atoms with Crippen molar-refractivity contribution in [1.29, 1.82) is 0 Å². The maximum absolute atomic E-state index is 12.0. The molecule has 0 aliphatic heterocycles. The molecule has 1 atom stereocenters. The van der Waals surface area contributed by atoms with Crippen LogP contribution in [-0.4, -0.2) is 31.9 Å². The van der Waals surface area contributed by atoms with Crippen LogP contribution in [0.15, 0.2) is 67.9 Å². The lowest BCUT2D eigenvalue weighted by atomic mass is 9.88. The second-order valence-corrected chi connectivity index (χ2v) is 9.50. The fourth-order valence-electron chi connectivity index (χ4n) is 3.63. The highest BCUT2D eigenvalue weighted by molar-refractivity contribution is 5.99. The number of aromatic amines is 1. The van der Waals surface area contributed by atoms with Crippen molar-refractivity contribution in [3.05, 3.63) is 73.5 Å². The fourth-order valence-corrected chi connectivity index (χ4v) is 3.63.